The summed E-state index contributed by atoms with van der Waals surface area (Å²) in [6, 6.07) is 0. The Labute approximate surface area is 101 Å². The third-order valence-electron chi connectivity index (χ3n) is 4.27. The Morgan fingerprint density at radius 2 is 2.06 bits per heavy atom. The third kappa shape index (κ3) is 1.45. The van der Waals surface area contributed by atoms with Crippen LogP contribution in [-0.2, 0) is 14.3 Å². The number of hydrogen-bond acceptors (Lipinski definition) is 3. The maximum absolute atomic E-state index is 12.2. The van der Waals surface area contributed by atoms with Gasteiger partial charge in [0, 0.05) is 11.8 Å². The number of hydrogen-bond donors (Lipinski definition) is 0. The number of allylic oxidation sites excluding steroid dienone is 3. The van der Waals surface area contributed by atoms with Gasteiger partial charge in [0.15, 0.2) is 11.6 Å². The number of rotatable bonds is 0. The highest BCUT2D eigenvalue weighted by Gasteiger charge is 2.54. The first-order chi connectivity index (χ1) is 8.15. The molecular weight excluding hydrogens is 216 g/mol. The predicted molar refractivity (Wildman–Crippen MR) is 63.3 cm³/mol. The maximum atomic E-state index is 12.2. The molecule has 1 heterocycles. The third-order valence-corrected chi connectivity index (χ3v) is 4.27. The molecule has 0 aromatic heterocycles. The molecule has 3 heteroatoms. The second-order valence-corrected chi connectivity index (χ2v) is 5.25. The molecule has 92 valence electrons. The fourth-order valence-electron chi connectivity index (χ4n) is 3.49. The molecule has 3 rings (SSSR count). The second-order valence-electron chi connectivity index (χ2n) is 5.25. The predicted octanol–water partition coefficient (Wildman–Crippen LogP) is 2.09. The van der Waals surface area contributed by atoms with Crippen LogP contribution in [0.1, 0.15) is 20.3 Å². The number of fused-ring (bicyclic) bond motifs is 2. The van der Waals surface area contributed by atoms with Crippen LogP contribution in [0.25, 0.3) is 0 Å². The minimum Gasteiger partial charge on any atom is -0.343 e. The monoisotopic (exact) mass is 234 g/mol. The summed E-state index contributed by atoms with van der Waals surface area (Å²) in [5.41, 5.74) is 0.934. The molecule has 2 aliphatic carbocycles. The largest absolute Gasteiger partial charge is 0.343 e. The van der Waals surface area contributed by atoms with Crippen LogP contribution in [0, 0.1) is 17.8 Å². The zero-order valence-corrected chi connectivity index (χ0v) is 10.3. The molecule has 0 amide bonds. The Bertz CT molecular complexity index is 402. The highest BCUT2D eigenvalue weighted by molar-refractivity contribution is 5.94. The highest BCUT2D eigenvalue weighted by atomic mass is 16.7. The van der Waals surface area contributed by atoms with Crippen molar-refractivity contribution in [3.05, 3.63) is 23.8 Å². The molecule has 3 aliphatic rings. The minimum absolute atomic E-state index is 0.0156. The maximum Gasteiger partial charge on any atom is 0.194 e. The van der Waals surface area contributed by atoms with Crippen molar-refractivity contribution in [2.24, 2.45) is 17.8 Å². The summed E-state index contributed by atoms with van der Waals surface area (Å²) in [5.74, 6) is 0.0334. The van der Waals surface area contributed by atoms with E-state index in [0.717, 1.165) is 12.0 Å². The smallest absolute Gasteiger partial charge is 0.194 e. The van der Waals surface area contributed by atoms with Gasteiger partial charge in [0.25, 0.3) is 0 Å². The Hall–Kier alpha value is -0.930. The average molecular weight is 234 g/mol. The summed E-state index contributed by atoms with van der Waals surface area (Å²) in [5, 5.41) is 0. The van der Waals surface area contributed by atoms with Crippen LogP contribution in [0.5, 0.6) is 0 Å². The van der Waals surface area contributed by atoms with E-state index in [1.54, 1.807) is 6.08 Å². The van der Waals surface area contributed by atoms with Gasteiger partial charge in [-0.3, -0.25) is 4.79 Å². The quantitative estimate of drug-likeness (QED) is 0.602. The first-order valence-electron chi connectivity index (χ1n) is 6.32. The van der Waals surface area contributed by atoms with E-state index in [0.29, 0.717) is 13.2 Å². The molecule has 0 radical (unpaired) electrons. The van der Waals surface area contributed by atoms with Gasteiger partial charge >= 0.3 is 0 Å². The van der Waals surface area contributed by atoms with Crippen molar-refractivity contribution in [1.29, 1.82) is 0 Å². The van der Waals surface area contributed by atoms with E-state index >= 15 is 0 Å². The van der Waals surface area contributed by atoms with E-state index in [1.807, 2.05) is 6.92 Å². The molecule has 0 unspecified atom stereocenters. The van der Waals surface area contributed by atoms with Crippen LogP contribution in [-0.4, -0.2) is 24.8 Å². The van der Waals surface area contributed by atoms with E-state index in [-0.39, 0.29) is 23.5 Å². The number of ether oxygens (including phenoxy) is 2. The van der Waals surface area contributed by atoms with Gasteiger partial charge in [-0.05, 0) is 30.9 Å². The van der Waals surface area contributed by atoms with Gasteiger partial charge in [0.05, 0.1) is 13.2 Å². The van der Waals surface area contributed by atoms with Crippen molar-refractivity contribution in [3.8, 4) is 0 Å². The Morgan fingerprint density at radius 1 is 1.35 bits per heavy atom. The van der Waals surface area contributed by atoms with Crippen LogP contribution >= 0.6 is 0 Å². The molecule has 17 heavy (non-hydrogen) atoms. The van der Waals surface area contributed by atoms with Crippen molar-refractivity contribution in [3.63, 3.8) is 0 Å². The lowest BCUT2D eigenvalue weighted by Crippen LogP contribution is -2.51. The lowest BCUT2D eigenvalue weighted by atomic mass is 9.65. The number of carbonyl (C=O) groups excluding carboxylic acids is 1. The molecule has 0 aromatic rings. The fourth-order valence-corrected chi connectivity index (χ4v) is 3.49. The Morgan fingerprint density at radius 3 is 2.76 bits per heavy atom. The van der Waals surface area contributed by atoms with Crippen LogP contribution in [0.4, 0.5) is 0 Å². The molecule has 3 nitrogen and oxygen atoms in total. The molecule has 0 N–H and O–H groups in total. The van der Waals surface area contributed by atoms with Gasteiger partial charge in [-0.15, -0.1) is 0 Å². The van der Waals surface area contributed by atoms with Crippen molar-refractivity contribution in [2.75, 3.05) is 13.2 Å². The summed E-state index contributed by atoms with van der Waals surface area (Å²) in [6.45, 7) is 5.30. The van der Waals surface area contributed by atoms with Gasteiger partial charge < -0.3 is 9.47 Å². The summed E-state index contributed by atoms with van der Waals surface area (Å²) in [7, 11) is 0. The second kappa shape index (κ2) is 3.79. The fraction of sp³-hybridized carbons (Fsp3) is 0.643. The Balaban J connectivity index is 2.07. The molecule has 0 aromatic carbocycles. The van der Waals surface area contributed by atoms with Crippen LogP contribution in [0.2, 0.25) is 0 Å². The van der Waals surface area contributed by atoms with E-state index < -0.39 is 5.79 Å². The van der Waals surface area contributed by atoms with Crippen molar-refractivity contribution in [1.82, 2.24) is 0 Å². The molecule has 1 fully saturated rings. The SMILES string of the molecule is CC1=CC(=O)[C@@H]2[C@@H](CC=C[C@@H]2C)C12OCCO2. The zero-order chi connectivity index (χ0) is 12.0. The van der Waals surface area contributed by atoms with Crippen LogP contribution < -0.4 is 0 Å². The average Bonchev–Trinajstić information content (AvgIpc) is 2.76. The van der Waals surface area contributed by atoms with Gasteiger partial charge in [0.2, 0.25) is 0 Å². The van der Waals surface area contributed by atoms with Gasteiger partial charge in [-0.25, -0.2) is 0 Å². The van der Waals surface area contributed by atoms with Crippen molar-refractivity contribution >= 4 is 5.78 Å². The summed E-state index contributed by atoms with van der Waals surface area (Å²) >= 11 is 0. The van der Waals surface area contributed by atoms with Crippen molar-refractivity contribution in [2.45, 2.75) is 26.1 Å². The number of carbonyl (C=O) groups is 1. The molecule has 3 atom stereocenters. The van der Waals surface area contributed by atoms with E-state index in [1.165, 1.54) is 0 Å². The summed E-state index contributed by atoms with van der Waals surface area (Å²) < 4.78 is 11.8. The number of ketones is 1. The summed E-state index contributed by atoms with van der Waals surface area (Å²) in [6.07, 6.45) is 6.88. The summed E-state index contributed by atoms with van der Waals surface area (Å²) in [4.78, 5) is 12.2. The first-order valence-corrected chi connectivity index (χ1v) is 6.32. The van der Waals surface area contributed by atoms with Crippen molar-refractivity contribution < 1.29 is 14.3 Å². The van der Waals surface area contributed by atoms with Gasteiger partial charge in [-0.2, -0.15) is 0 Å². The van der Waals surface area contributed by atoms with Crippen LogP contribution in [0.15, 0.2) is 23.8 Å². The topological polar surface area (TPSA) is 35.5 Å². The van der Waals surface area contributed by atoms with Crippen LogP contribution in [0.3, 0.4) is 0 Å². The molecule has 1 saturated heterocycles. The zero-order valence-electron chi connectivity index (χ0n) is 10.3. The standard InChI is InChI=1S/C14H18O3/c1-9-4-3-5-11-13(9)12(15)8-10(2)14(11)16-6-7-17-14/h3-4,8-9,11,13H,5-7H2,1-2H3/t9-,11+,13-/m0/s1. The normalized spacial score (nSPS) is 39.3. The molecule has 0 bridgehead atoms. The van der Waals surface area contributed by atoms with E-state index in [2.05, 4.69) is 19.1 Å². The molecular formula is C14H18O3. The molecule has 0 saturated carbocycles. The first kappa shape index (κ1) is 11.2. The van der Waals surface area contributed by atoms with Gasteiger partial charge in [0.1, 0.15) is 0 Å². The Kier molecular flexibility index (Phi) is 2.49. The molecule has 1 spiro atoms. The lowest BCUT2D eigenvalue weighted by Gasteiger charge is -2.45. The lowest BCUT2D eigenvalue weighted by molar-refractivity contribution is -0.189. The van der Waals surface area contributed by atoms with Gasteiger partial charge in [-0.1, -0.05) is 19.1 Å². The van der Waals surface area contributed by atoms with E-state index in [4.69, 9.17) is 9.47 Å². The molecule has 1 aliphatic heterocycles. The highest BCUT2D eigenvalue weighted by Crippen LogP contribution is 2.48. The van der Waals surface area contributed by atoms with E-state index in [9.17, 15) is 4.79 Å². The minimum atomic E-state index is -0.627.